The van der Waals surface area contributed by atoms with Crippen LogP contribution in [0.2, 0.25) is 0 Å². The summed E-state index contributed by atoms with van der Waals surface area (Å²) in [5.41, 5.74) is 1.50. The van der Waals surface area contributed by atoms with Gasteiger partial charge in [-0.15, -0.1) is 0 Å². The first-order valence-corrected chi connectivity index (χ1v) is 18.6. The van der Waals surface area contributed by atoms with Crippen LogP contribution in [-0.2, 0) is 22.7 Å². The first-order chi connectivity index (χ1) is 28.7. The molecule has 21 heteroatoms. The number of halogens is 6. The number of nitrogens with one attached hydrogen (secondary N) is 3. The SMILES string of the molecule is O=C1CCC(N2Cc3cc(CN4CCN(c5ccc(-n6cc(NC(=O)c7coc(-c8ccnc(NCC(F)(F)F)c8)n7)c(C(F)F)n6)cc5)CC4)c(F)cc3C2=O)C(=O)N1. The van der Waals surface area contributed by atoms with E-state index in [1.54, 1.807) is 30.3 Å². The van der Waals surface area contributed by atoms with E-state index in [0.717, 1.165) is 12.0 Å². The Balaban J connectivity index is 0.872. The van der Waals surface area contributed by atoms with Gasteiger partial charge >= 0.3 is 6.18 Å². The van der Waals surface area contributed by atoms with E-state index in [0.29, 0.717) is 49.5 Å². The Bertz CT molecular complexity index is 2460. The molecule has 0 radical (unpaired) electrons. The minimum absolute atomic E-state index is 0.107. The number of oxazole rings is 1. The molecule has 0 aliphatic carbocycles. The van der Waals surface area contributed by atoms with Crippen LogP contribution in [0.3, 0.4) is 0 Å². The summed E-state index contributed by atoms with van der Waals surface area (Å²) in [6.07, 6.45) is -3.76. The predicted molar refractivity (Wildman–Crippen MR) is 201 cm³/mol. The van der Waals surface area contributed by atoms with Gasteiger partial charge in [-0.2, -0.15) is 18.3 Å². The highest BCUT2D eigenvalue weighted by atomic mass is 19.4. The van der Waals surface area contributed by atoms with Crippen LogP contribution < -0.4 is 20.9 Å². The van der Waals surface area contributed by atoms with Crippen LogP contribution in [0.15, 0.2) is 71.6 Å². The molecular weight excluding hydrogens is 802 g/mol. The fourth-order valence-corrected chi connectivity index (χ4v) is 7.31. The van der Waals surface area contributed by atoms with E-state index >= 15 is 4.39 Å². The maximum absolute atomic E-state index is 15.3. The highest BCUT2D eigenvalue weighted by Gasteiger charge is 2.40. The summed E-state index contributed by atoms with van der Waals surface area (Å²) >= 11 is 0. The van der Waals surface area contributed by atoms with Gasteiger partial charge in [0, 0.05) is 74.3 Å². The van der Waals surface area contributed by atoms with E-state index in [1.165, 1.54) is 40.2 Å². The number of carbonyl (C=O) groups is 4. The van der Waals surface area contributed by atoms with E-state index < -0.39 is 54.4 Å². The summed E-state index contributed by atoms with van der Waals surface area (Å²) in [5.74, 6) is -3.00. The van der Waals surface area contributed by atoms with E-state index in [4.69, 9.17) is 4.42 Å². The zero-order valence-electron chi connectivity index (χ0n) is 31.3. The lowest BCUT2D eigenvalue weighted by Gasteiger charge is -2.36. The van der Waals surface area contributed by atoms with Gasteiger partial charge in [-0.1, -0.05) is 0 Å². The number of fused-ring (bicyclic) bond motifs is 1. The van der Waals surface area contributed by atoms with Crippen molar-refractivity contribution in [2.24, 2.45) is 0 Å². The Morgan fingerprint density at radius 1 is 1.00 bits per heavy atom. The smallest absolute Gasteiger partial charge is 0.405 e. The van der Waals surface area contributed by atoms with Crippen molar-refractivity contribution in [2.45, 2.75) is 44.6 Å². The lowest BCUT2D eigenvalue weighted by molar-refractivity contribution is -0.137. The molecule has 312 valence electrons. The Kier molecular flexibility index (Phi) is 10.8. The summed E-state index contributed by atoms with van der Waals surface area (Å²) in [7, 11) is 0. The van der Waals surface area contributed by atoms with Crippen molar-refractivity contribution < 1.29 is 49.9 Å². The van der Waals surface area contributed by atoms with Crippen LogP contribution in [0.5, 0.6) is 0 Å². The first-order valence-electron chi connectivity index (χ1n) is 18.6. The number of piperidine rings is 1. The van der Waals surface area contributed by atoms with Crippen LogP contribution in [0.25, 0.3) is 17.1 Å². The minimum atomic E-state index is -4.48. The fourth-order valence-electron chi connectivity index (χ4n) is 7.31. The van der Waals surface area contributed by atoms with E-state index in [9.17, 15) is 41.1 Å². The van der Waals surface area contributed by atoms with Crippen molar-refractivity contribution in [3.05, 3.63) is 101 Å². The molecule has 5 aromatic rings. The normalized spacial score (nSPS) is 17.3. The van der Waals surface area contributed by atoms with Gasteiger partial charge in [-0.25, -0.2) is 27.8 Å². The van der Waals surface area contributed by atoms with Gasteiger partial charge in [0.15, 0.2) is 11.4 Å². The molecule has 3 N–H and O–H groups in total. The van der Waals surface area contributed by atoms with Crippen molar-refractivity contribution >= 4 is 40.8 Å². The molecule has 4 amide bonds. The zero-order chi connectivity index (χ0) is 42.3. The molecule has 1 unspecified atom stereocenters. The summed E-state index contributed by atoms with van der Waals surface area (Å²) in [6.45, 7) is 1.51. The Hall–Kier alpha value is -6.77. The summed E-state index contributed by atoms with van der Waals surface area (Å²) < 4.78 is 87.8. The fraction of sp³-hybridized carbons (Fsp3) is 0.308. The Morgan fingerprint density at radius 2 is 1.75 bits per heavy atom. The number of alkyl halides is 5. The van der Waals surface area contributed by atoms with Gasteiger partial charge in [-0.3, -0.25) is 29.4 Å². The molecule has 2 saturated heterocycles. The second-order valence-corrected chi connectivity index (χ2v) is 14.3. The summed E-state index contributed by atoms with van der Waals surface area (Å²) in [6, 6.07) is 11.7. The van der Waals surface area contributed by atoms with Crippen LogP contribution in [0, 0.1) is 5.82 Å². The van der Waals surface area contributed by atoms with Gasteiger partial charge < -0.3 is 24.9 Å². The molecule has 8 rings (SSSR count). The molecule has 1 atom stereocenters. The largest absolute Gasteiger partial charge is 0.444 e. The van der Waals surface area contributed by atoms with Crippen LogP contribution >= 0.6 is 0 Å². The highest BCUT2D eigenvalue weighted by molar-refractivity contribution is 6.05. The molecule has 3 aromatic heterocycles. The lowest BCUT2D eigenvalue weighted by Crippen LogP contribution is -2.52. The minimum Gasteiger partial charge on any atom is -0.444 e. The number of carbonyl (C=O) groups excluding carboxylic acids is 4. The monoisotopic (exact) mass is 836 g/mol. The molecule has 3 aliphatic heterocycles. The molecule has 2 aromatic carbocycles. The average Bonchev–Trinajstić information content (AvgIpc) is 3.96. The third-order valence-corrected chi connectivity index (χ3v) is 10.3. The standard InChI is InChI=1S/C39H34F6N10O5/c40-27-15-26-22(17-54(38(26)59)30-5-6-32(56)50-36(30)58)13-23(27)16-52-9-11-53(12-10-52)24-1-3-25(4-2-24)55-18-28(33(51-55)34(41)42)48-35(57)29-19-60-37(49-29)21-7-8-46-31(14-21)47-20-39(43,44)45/h1-4,7-8,13-15,18-19,30,34H,5-6,9-12,16-17,20H2,(H,46,47)(H,48,57)(H,50,56,58). The van der Waals surface area contributed by atoms with Crippen molar-refractivity contribution in [3.63, 3.8) is 0 Å². The molecule has 3 aliphatic rings. The number of anilines is 3. The Morgan fingerprint density at radius 3 is 2.47 bits per heavy atom. The second kappa shape index (κ2) is 16.1. The van der Waals surface area contributed by atoms with Crippen molar-refractivity contribution in [2.75, 3.05) is 48.3 Å². The summed E-state index contributed by atoms with van der Waals surface area (Å²) in [4.78, 5) is 63.5. The highest BCUT2D eigenvalue weighted by Crippen LogP contribution is 2.32. The topological polar surface area (TPSA) is 171 Å². The number of piperazine rings is 1. The van der Waals surface area contributed by atoms with Crippen LogP contribution in [0.4, 0.5) is 43.5 Å². The summed E-state index contributed by atoms with van der Waals surface area (Å²) in [5, 5.41) is 10.8. The van der Waals surface area contributed by atoms with Crippen molar-refractivity contribution in [1.29, 1.82) is 0 Å². The number of hydrogen-bond donors (Lipinski definition) is 3. The molecule has 60 heavy (non-hydrogen) atoms. The number of benzene rings is 2. The van der Waals surface area contributed by atoms with Gasteiger partial charge in [-0.05, 0) is 60.5 Å². The number of hydrogen-bond acceptors (Lipinski definition) is 11. The van der Waals surface area contributed by atoms with Crippen molar-refractivity contribution in [3.8, 4) is 17.1 Å². The van der Waals surface area contributed by atoms with Crippen LogP contribution in [-0.4, -0.2) is 98.1 Å². The predicted octanol–water partition coefficient (Wildman–Crippen LogP) is 5.31. The van der Waals surface area contributed by atoms with Gasteiger partial charge in [0.1, 0.15) is 30.5 Å². The maximum atomic E-state index is 15.3. The molecule has 0 spiro atoms. The molecule has 6 heterocycles. The number of pyridine rings is 1. The Labute approximate surface area is 336 Å². The van der Waals surface area contributed by atoms with Crippen LogP contribution in [0.1, 0.15) is 56.9 Å². The molecule has 2 fully saturated rings. The lowest BCUT2D eigenvalue weighted by atomic mass is 10.0. The second-order valence-electron chi connectivity index (χ2n) is 14.3. The number of imide groups is 1. The van der Waals surface area contributed by atoms with Gasteiger partial charge in [0.25, 0.3) is 18.2 Å². The van der Waals surface area contributed by atoms with E-state index in [2.05, 4.69) is 40.8 Å². The number of amides is 4. The number of aromatic nitrogens is 4. The third kappa shape index (κ3) is 8.51. The van der Waals surface area contributed by atoms with Gasteiger partial charge in [0.2, 0.25) is 17.7 Å². The van der Waals surface area contributed by atoms with E-state index in [1.807, 2.05) is 0 Å². The average molecular weight is 837 g/mol. The van der Waals surface area contributed by atoms with Crippen molar-refractivity contribution in [1.82, 2.24) is 34.9 Å². The third-order valence-electron chi connectivity index (χ3n) is 10.3. The first kappa shape index (κ1) is 40.0. The van der Waals surface area contributed by atoms with Gasteiger partial charge in [0.05, 0.1) is 17.6 Å². The number of nitrogens with zero attached hydrogens (tertiary/aromatic N) is 7. The van der Waals surface area contributed by atoms with E-state index in [-0.39, 0.29) is 59.5 Å². The maximum Gasteiger partial charge on any atom is 0.405 e. The quantitative estimate of drug-likeness (QED) is 0.116. The molecule has 0 saturated carbocycles. The molecule has 0 bridgehead atoms. The molecule has 15 nitrogen and oxygen atoms in total. The zero-order valence-corrected chi connectivity index (χ0v) is 31.3. The number of rotatable bonds is 11. The molecular formula is C39H34F6N10O5.